The van der Waals surface area contributed by atoms with E-state index in [4.69, 9.17) is 0 Å². The first kappa shape index (κ1) is 13.7. The molecule has 0 saturated heterocycles. The van der Waals surface area contributed by atoms with Crippen molar-refractivity contribution in [2.45, 2.75) is 18.9 Å². The van der Waals surface area contributed by atoms with Crippen LogP contribution < -0.4 is 10.6 Å². The van der Waals surface area contributed by atoms with Crippen molar-refractivity contribution in [3.05, 3.63) is 60.4 Å². The molecule has 1 aliphatic carbocycles. The number of benzene rings is 1. The van der Waals surface area contributed by atoms with Gasteiger partial charge in [-0.2, -0.15) is 0 Å². The number of amides is 1. The van der Waals surface area contributed by atoms with Gasteiger partial charge in [0.25, 0.3) is 5.91 Å². The molecule has 4 rings (SSSR count). The molecule has 0 spiro atoms. The summed E-state index contributed by atoms with van der Waals surface area (Å²) in [5.41, 5.74) is 0.419. The van der Waals surface area contributed by atoms with Crippen LogP contribution in [0.15, 0.2) is 54.7 Å². The Bertz CT molecular complexity index is 868. The SMILES string of the molecule is O=C(NC1CC1)c1cccc(Nc2nccc3ccccc23)n1. The van der Waals surface area contributed by atoms with E-state index < -0.39 is 0 Å². The van der Waals surface area contributed by atoms with E-state index in [9.17, 15) is 4.79 Å². The maximum absolute atomic E-state index is 12.1. The van der Waals surface area contributed by atoms with Crippen molar-refractivity contribution < 1.29 is 4.79 Å². The maximum Gasteiger partial charge on any atom is 0.270 e. The van der Waals surface area contributed by atoms with E-state index in [2.05, 4.69) is 20.6 Å². The Morgan fingerprint density at radius 2 is 1.91 bits per heavy atom. The molecule has 114 valence electrons. The van der Waals surface area contributed by atoms with Crippen LogP contribution in [0.3, 0.4) is 0 Å². The monoisotopic (exact) mass is 304 g/mol. The second-order valence-electron chi connectivity index (χ2n) is 5.66. The van der Waals surface area contributed by atoms with Crippen LogP contribution in [0.4, 0.5) is 11.6 Å². The van der Waals surface area contributed by atoms with Gasteiger partial charge in [-0.05, 0) is 36.4 Å². The van der Waals surface area contributed by atoms with Gasteiger partial charge < -0.3 is 10.6 Å². The van der Waals surface area contributed by atoms with Gasteiger partial charge in [0, 0.05) is 17.6 Å². The highest BCUT2D eigenvalue weighted by atomic mass is 16.2. The Hall–Kier alpha value is -2.95. The second-order valence-corrected chi connectivity index (χ2v) is 5.66. The highest BCUT2D eigenvalue weighted by Crippen LogP contribution is 2.23. The molecule has 2 N–H and O–H groups in total. The molecule has 1 amide bonds. The summed E-state index contributed by atoms with van der Waals surface area (Å²) < 4.78 is 0. The number of pyridine rings is 2. The minimum atomic E-state index is -0.123. The van der Waals surface area contributed by atoms with Crippen LogP contribution >= 0.6 is 0 Å². The van der Waals surface area contributed by atoms with Gasteiger partial charge in [0.2, 0.25) is 0 Å². The molecule has 2 heterocycles. The minimum Gasteiger partial charge on any atom is -0.348 e. The van der Waals surface area contributed by atoms with Crippen molar-refractivity contribution in [1.82, 2.24) is 15.3 Å². The van der Waals surface area contributed by atoms with Crippen molar-refractivity contribution in [2.24, 2.45) is 0 Å². The number of fused-ring (bicyclic) bond motifs is 1. The molecule has 0 radical (unpaired) electrons. The van der Waals surface area contributed by atoms with E-state index in [1.165, 1.54) is 0 Å². The number of hydrogen-bond donors (Lipinski definition) is 2. The van der Waals surface area contributed by atoms with Gasteiger partial charge in [-0.1, -0.05) is 30.3 Å². The lowest BCUT2D eigenvalue weighted by Crippen LogP contribution is -2.26. The summed E-state index contributed by atoms with van der Waals surface area (Å²) in [5.74, 6) is 1.22. The molecule has 0 aliphatic heterocycles. The Morgan fingerprint density at radius 1 is 1.04 bits per heavy atom. The van der Waals surface area contributed by atoms with Crippen LogP contribution in [0, 0.1) is 0 Å². The van der Waals surface area contributed by atoms with E-state index in [0.717, 1.165) is 29.4 Å². The number of rotatable bonds is 4. The average molecular weight is 304 g/mol. The predicted molar refractivity (Wildman–Crippen MR) is 89.8 cm³/mol. The number of nitrogens with zero attached hydrogens (tertiary/aromatic N) is 2. The summed E-state index contributed by atoms with van der Waals surface area (Å²) >= 11 is 0. The quantitative estimate of drug-likeness (QED) is 0.776. The zero-order chi connectivity index (χ0) is 15.6. The van der Waals surface area contributed by atoms with Crippen LogP contribution in [-0.2, 0) is 0 Å². The molecule has 1 aliphatic rings. The van der Waals surface area contributed by atoms with E-state index in [1.54, 1.807) is 12.3 Å². The Labute approximate surface area is 133 Å². The van der Waals surface area contributed by atoms with Crippen LogP contribution in [0.1, 0.15) is 23.3 Å². The van der Waals surface area contributed by atoms with Crippen LogP contribution in [0.5, 0.6) is 0 Å². The number of carbonyl (C=O) groups excluding carboxylic acids is 1. The summed E-state index contributed by atoms with van der Waals surface area (Å²) in [4.78, 5) is 20.9. The minimum absolute atomic E-state index is 0.123. The fourth-order valence-corrected chi connectivity index (χ4v) is 2.46. The number of hydrogen-bond acceptors (Lipinski definition) is 4. The molecule has 0 atom stereocenters. The average Bonchev–Trinajstić information content (AvgIpc) is 3.39. The Balaban J connectivity index is 1.61. The van der Waals surface area contributed by atoms with Crippen LogP contribution in [0.25, 0.3) is 10.8 Å². The lowest BCUT2D eigenvalue weighted by Gasteiger charge is -2.09. The number of aromatic nitrogens is 2. The lowest BCUT2D eigenvalue weighted by atomic mass is 10.1. The molecule has 1 aromatic carbocycles. The first-order valence-electron chi connectivity index (χ1n) is 7.68. The summed E-state index contributed by atoms with van der Waals surface area (Å²) in [5, 5.41) is 8.28. The van der Waals surface area contributed by atoms with E-state index >= 15 is 0 Å². The maximum atomic E-state index is 12.1. The molecule has 0 bridgehead atoms. The van der Waals surface area contributed by atoms with Gasteiger partial charge in [0.1, 0.15) is 17.3 Å². The lowest BCUT2D eigenvalue weighted by molar-refractivity contribution is 0.0946. The summed E-state index contributed by atoms with van der Waals surface area (Å²) in [6.45, 7) is 0. The van der Waals surface area contributed by atoms with Crippen molar-refractivity contribution >= 4 is 28.3 Å². The van der Waals surface area contributed by atoms with Gasteiger partial charge >= 0.3 is 0 Å². The molecule has 0 unspecified atom stereocenters. The molecular weight excluding hydrogens is 288 g/mol. The summed E-state index contributed by atoms with van der Waals surface area (Å²) in [6, 6.07) is 15.7. The molecule has 3 aromatic rings. The van der Waals surface area contributed by atoms with Crippen molar-refractivity contribution in [3.63, 3.8) is 0 Å². The van der Waals surface area contributed by atoms with E-state index in [0.29, 0.717) is 17.6 Å². The molecule has 23 heavy (non-hydrogen) atoms. The third kappa shape index (κ3) is 2.99. The van der Waals surface area contributed by atoms with Gasteiger partial charge in [0.05, 0.1) is 0 Å². The zero-order valence-electron chi connectivity index (χ0n) is 12.5. The smallest absolute Gasteiger partial charge is 0.270 e. The second kappa shape index (κ2) is 5.68. The summed E-state index contributed by atoms with van der Waals surface area (Å²) in [7, 11) is 0. The number of anilines is 2. The normalized spacial score (nSPS) is 13.7. The third-order valence-corrected chi connectivity index (χ3v) is 3.81. The molecule has 1 saturated carbocycles. The van der Waals surface area contributed by atoms with Gasteiger partial charge in [0.15, 0.2) is 0 Å². The van der Waals surface area contributed by atoms with E-state index in [1.807, 2.05) is 42.5 Å². The van der Waals surface area contributed by atoms with Crippen molar-refractivity contribution in [3.8, 4) is 0 Å². The molecule has 2 aromatic heterocycles. The van der Waals surface area contributed by atoms with E-state index in [-0.39, 0.29) is 5.91 Å². The fraction of sp³-hybridized carbons (Fsp3) is 0.167. The highest BCUT2D eigenvalue weighted by Gasteiger charge is 2.24. The molecular formula is C18H16N4O. The van der Waals surface area contributed by atoms with Crippen molar-refractivity contribution in [2.75, 3.05) is 5.32 Å². The molecule has 5 nitrogen and oxygen atoms in total. The largest absolute Gasteiger partial charge is 0.348 e. The van der Waals surface area contributed by atoms with Gasteiger partial charge in [-0.3, -0.25) is 4.79 Å². The first-order valence-corrected chi connectivity index (χ1v) is 7.68. The Kier molecular flexibility index (Phi) is 3.38. The number of nitrogens with one attached hydrogen (secondary N) is 2. The van der Waals surface area contributed by atoms with Crippen molar-refractivity contribution in [1.29, 1.82) is 0 Å². The van der Waals surface area contributed by atoms with Crippen LogP contribution in [0.2, 0.25) is 0 Å². The molecule has 1 fully saturated rings. The topological polar surface area (TPSA) is 66.9 Å². The Morgan fingerprint density at radius 3 is 2.78 bits per heavy atom. The van der Waals surface area contributed by atoms with Gasteiger partial charge in [-0.25, -0.2) is 9.97 Å². The highest BCUT2D eigenvalue weighted by molar-refractivity contribution is 5.94. The zero-order valence-corrected chi connectivity index (χ0v) is 12.5. The predicted octanol–water partition coefficient (Wildman–Crippen LogP) is 3.27. The standard InChI is InChI=1S/C18H16N4O/c23-18(20-13-8-9-13)15-6-3-7-16(21-15)22-17-14-5-2-1-4-12(14)10-11-19-17/h1-7,10-11,13H,8-9H2,(H,20,23)(H,19,21,22). The number of carbonyl (C=O) groups is 1. The molecule has 5 heteroatoms. The first-order chi connectivity index (χ1) is 11.3. The third-order valence-electron chi connectivity index (χ3n) is 3.81. The van der Waals surface area contributed by atoms with Crippen LogP contribution in [-0.4, -0.2) is 21.9 Å². The summed E-state index contributed by atoms with van der Waals surface area (Å²) in [6.07, 6.45) is 3.88. The fourth-order valence-electron chi connectivity index (χ4n) is 2.46. The van der Waals surface area contributed by atoms with Gasteiger partial charge in [-0.15, -0.1) is 0 Å².